The summed E-state index contributed by atoms with van der Waals surface area (Å²) in [6, 6.07) is 7.55. The van der Waals surface area contributed by atoms with Crippen LogP contribution in [0.5, 0.6) is 5.75 Å². The van der Waals surface area contributed by atoms with Gasteiger partial charge in [0.1, 0.15) is 23.5 Å². The summed E-state index contributed by atoms with van der Waals surface area (Å²) in [5.74, 6) is 0.686. The standard InChI is InChI=1S/C21H28N6O2/c22-6-10-29-11-9-26-7-4-16(5-8-26)27-13-18(15-2-1-3-17(28)12-15)19-20(23)24-14-25-21(19)27/h1-3,12-14,16,28H,4-11,22H2,(H2,23,24,25). The molecule has 0 aliphatic carbocycles. The number of hydrogen-bond donors (Lipinski definition) is 3. The Balaban J connectivity index is 1.57. The normalized spacial score (nSPS) is 15.9. The number of benzene rings is 1. The first-order valence-electron chi connectivity index (χ1n) is 10.1. The van der Waals surface area contributed by atoms with Crippen LogP contribution in [0.3, 0.4) is 0 Å². The zero-order valence-electron chi connectivity index (χ0n) is 16.5. The van der Waals surface area contributed by atoms with E-state index < -0.39 is 0 Å². The van der Waals surface area contributed by atoms with Crippen LogP contribution < -0.4 is 11.5 Å². The van der Waals surface area contributed by atoms with Crippen molar-refractivity contribution in [3.8, 4) is 16.9 Å². The Morgan fingerprint density at radius 2 is 2.00 bits per heavy atom. The number of nitrogens with zero attached hydrogens (tertiary/aromatic N) is 4. The number of nitrogens with two attached hydrogens (primary N) is 2. The van der Waals surface area contributed by atoms with Crippen LogP contribution in [-0.4, -0.2) is 63.9 Å². The third-order valence-corrected chi connectivity index (χ3v) is 5.56. The molecule has 0 saturated carbocycles. The molecule has 1 aliphatic heterocycles. The fraction of sp³-hybridized carbons (Fsp3) is 0.429. The summed E-state index contributed by atoms with van der Waals surface area (Å²) in [6.45, 7) is 4.86. The lowest BCUT2D eigenvalue weighted by molar-refractivity contribution is 0.0939. The first-order chi connectivity index (χ1) is 14.2. The number of aromatic nitrogens is 3. The molecule has 0 spiro atoms. The molecule has 5 N–H and O–H groups in total. The van der Waals surface area contributed by atoms with Crippen molar-refractivity contribution in [2.75, 3.05) is 45.1 Å². The van der Waals surface area contributed by atoms with Gasteiger partial charge in [-0.25, -0.2) is 9.97 Å². The van der Waals surface area contributed by atoms with Crippen molar-refractivity contribution in [2.24, 2.45) is 5.73 Å². The largest absolute Gasteiger partial charge is 0.508 e. The number of rotatable bonds is 7. The zero-order chi connectivity index (χ0) is 20.2. The number of phenolic OH excluding ortho intramolecular Hbond substituents is 1. The van der Waals surface area contributed by atoms with Crippen LogP contribution in [0.1, 0.15) is 18.9 Å². The minimum Gasteiger partial charge on any atom is -0.508 e. The lowest BCUT2D eigenvalue weighted by Gasteiger charge is -2.32. The maximum Gasteiger partial charge on any atom is 0.146 e. The molecule has 3 heterocycles. The second kappa shape index (κ2) is 8.77. The second-order valence-electron chi connectivity index (χ2n) is 7.43. The van der Waals surface area contributed by atoms with E-state index in [1.165, 1.54) is 6.33 Å². The maximum absolute atomic E-state index is 9.91. The van der Waals surface area contributed by atoms with Crippen LogP contribution in [0.25, 0.3) is 22.2 Å². The van der Waals surface area contributed by atoms with Gasteiger partial charge in [0.15, 0.2) is 0 Å². The number of ether oxygens (including phenoxy) is 1. The molecule has 0 amide bonds. The highest BCUT2D eigenvalue weighted by molar-refractivity contribution is 6.00. The Labute approximate surface area is 170 Å². The zero-order valence-corrected chi connectivity index (χ0v) is 16.5. The SMILES string of the molecule is NCCOCCN1CCC(n2cc(-c3cccc(O)c3)c3c(N)ncnc32)CC1. The van der Waals surface area contributed by atoms with Crippen LogP contribution >= 0.6 is 0 Å². The minimum atomic E-state index is 0.226. The van der Waals surface area contributed by atoms with E-state index in [4.69, 9.17) is 16.2 Å². The van der Waals surface area contributed by atoms with E-state index in [1.54, 1.807) is 12.1 Å². The first-order valence-corrected chi connectivity index (χ1v) is 10.1. The van der Waals surface area contributed by atoms with Gasteiger partial charge in [0, 0.05) is 44.0 Å². The Hall–Kier alpha value is -2.68. The summed E-state index contributed by atoms with van der Waals surface area (Å²) in [5, 5.41) is 10.8. The Morgan fingerprint density at radius 1 is 1.17 bits per heavy atom. The first kappa shape index (κ1) is 19.6. The van der Waals surface area contributed by atoms with Gasteiger partial charge in [-0.15, -0.1) is 0 Å². The van der Waals surface area contributed by atoms with E-state index in [-0.39, 0.29) is 5.75 Å². The Morgan fingerprint density at radius 3 is 2.76 bits per heavy atom. The molecular formula is C21H28N6O2. The second-order valence-corrected chi connectivity index (χ2v) is 7.43. The molecular weight excluding hydrogens is 368 g/mol. The van der Waals surface area contributed by atoms with Crippen molar-refractivity contribution in [1.82, 2.24) is 19.4 Å². The molecule has 1 fully saturated rings. The van der Waals surface area contributed by atoms with Crippen molar-refractivity contribution >= 4 is 16.9 Å². The smallest absolute Gasteiger partial charge is 0.146 e. The van der Waals surface area contributed by atoms with E-state index in [0.717, 1.165) is 61.2 Å². The molecule has 1 saturated heterocycles. The average molecular weight is 396 g/mol. The molecule has 0 radical (unpaired) electrons. The molecule has 0 bridgehead atoms. The van der Waals surface area contributed by atoms with E-state index in [1.807, 2.05) is 12.1 Å². The molecule has 4 rings (SSSR count). The van der Waals surface area contributed by atoms with Gasteiger partial charge in [-0.3, -0.25) is 0 Å². The lowest BCUT2D eigenvalue weighted by Crippen LogP contribution is -2.36. The molecule has 3 aromatic rings. The fourth-order valence-electron chi connectivity index (χ4n) is 4.08. The molecule has 1 aromatic carbocycles. The van der Waals surface area contributed by atoms with Crippen molar-refractivity contribution in [3.05, 3.63) is 36.8 Å². The number of hydrogen-bond acceptors (Lipinski definition) is 7. The van der Waals surface area contributed by atoms with E-state index in [0.29, 0.717) is 25.0 Å². The van der Waals surface area contributed by atoms with Crippen LogP contribution in [0.15, 0.2) is 36.8 Å². The number of nitrogen functional groups attached to an aromatic ring is 1. The summed E-state index contributed by atoms with van der Waals surface area (Å²) < 4.78 is 7.74. The predicted molar refractivity (Wildman–Crippen MR) is 114 cm³/mol. The van der Waals surface area contributed by atoms with Crippen LogP contribution in [0.4, 0.5) is 5.82 Å². The highest BCUT2D eigenvalue weighted by atomic mass is 16.5. The van der Waals surface area contributed by atoms with Crippen molar-refractivity contribution < 1.29 is 9.84 Å². The molecule has 154 valence electrons. The van der Waals surface area contributed by atoms with Gasteiger partial charge in [-0.05, 0) is 30.5 Å². The predicted octanol–water partition coefficient (Wildman–Crippen LogP) is 2.00. The molecule has 0 unspecified atom stereocenters. The van der Waals surface area contributed by atoms with Crippen LogP contribution in [0.2, 0.25) is 0 Å². The fourth-order valence-corrected chi connectivity index (χ4v) is 4.08. The number of anilines is 1. The van der Waals surface area contributed by atoms with Crippen molar-refractivity contribution in [1.29, 1.82) is 0 Å². The van der Waals surface area contributed by atoms with Crippen LogP contribution in [0, 0.1) is 0 Å². The van der Waals surface area contributed by atoms with Crippen molar-refractivity contribution in [2.45, 2.75) is 18.9 Å². The molecule has 8 nitrogen and oxygen atoms in total. The van der Waals surface area contributed by atoms with E-state index >= 15 is 0 Å². The molecule has 29 heavy (non-hydrogen) atoms. The lowest BCUT2D eigenvalue weighted by atomic mass is 10.0. The number of aromatic hydroxyl groups is 1. The van der Waals surface area contributed by atoms with Gasteiger partial charge in [0.05, 0.1) is 18.6 Å². The monoisotopic (exact) mass is 396 g/mol. The van der Waals surface area contributed by atoms with Crippen molar-refractivity contribution in [3.63, 3.8) is 0 Å². The minimum absolute atomic E-state index is 0.226. The highest BCUT2D eigenvalue weighted by Gasteiger charge is 2.24. The Bertz CT molecular complexity index is 965. The number of fused-ring (bicyclic) bond motifs is 1. The van der Waals surface area contributed by atoms with Gasteiger partial charge in [-0.2, -0.15) is 0 Å². The number of phenols is 1. The third kappa shape index (κ3) is 4.19. The topological polar surface area (TPSA) is 115 Å². The maximum atomic E-state index is 9.91. The summed E-state index contributed by atoms with van der Waals surface area (Å²) >= 11 is 0. The van der Waals surface area contributed by atoms with Gasteiger partial charge >= 0.3 is 0 Å². The molecule has 1 aliphatic rings. The van der Waals surface area contributed by atoms with Gasteiger partial charge in [0.25, 0.3) is 0 Å². The molecule has 2 aromatic heterocycles. The molecule has 8 heteroatoms. The number of piperidine rings is 1. The van der Waals surface area contributed by atoms with Gasteiger partial charge < -0.3 is 30.8 Å². The van der Waals surface area contributed by atoms with E-state index in [9.17, 15) is 5.11 Å². The highest BCUT2D eigenvalue weighted by Crippen LogP contribution is 2.37. The summed E-state index contributed by atoms with van der Waals surface area (Å²) in [4.78, 5) is 11.2. The Kier molecular flexibility index (Phi) is 5.94. The summed E-state index contributed by atoms with van der Waals surface area (Å²) in [6.07, 6.45) is 5.69. The molecule has 0 atom stereocenters. The average Bonchev–Trinajstić information content (AvgIpc) is 3.13. The van der Waals surface area contributed by atoms with E-state index in [2.05, 4.69) is 25.6 Å². The van der Waals surface area contributed by atoms with Gasteiger partial charge in [0.2, 0.25) is 0 Å². The van der Waals surface area contributed by atoms with Crippen LogP contribution in [-0.2, 0) is 4.74 Å². The quantitative estimate of drug-likeness (QED) is 0.523. The van der Waals surface area contributed by atoms with Gasteiger partial charge in [-0.1, -0.05) is 12.1 Å². The number of likely N-dealkylation sites (tertiary alicyclic amines) is 1. The summed E-state index contributed by atoms with van der Waals surface area (Å²) in [7, 11) is 0. The third-order valence-electron chi connectivity index (χ3n) is 5.56. The summed E-state index contributed by atoms with van der Waals surface area (Å²) in [5.41, 5.74) is 14.4.